The van der Waals surface area contributed by atoms with Gasteiger partial charge < -0.3 is 25.2 Å². The fraction of sp³-hybridized carbons (Fsp3) is 0.370. The highest BCUT2D eigenvalue weighted by molar-refractivity contribution is 6.76. The van der Waals surface area contributed by atoms with E-state index in [-0.39, 0.29) is 24.0 Å². The van der Waals surface area contributed by atoms with Crippen molar-refractivity contribution in [3.63, 3.8) is 0 Å². The Balaban J connectivity index is 2.25. The summed E-state index contributed by atoms with van der Waals surface area (Å²) >= 11 is 0. The second-order valence-electron chi connectivity index (χ2n) is 11.0. The van der Waals surface area contributed by atoms with Crippen LogP contribution in [-0.2, 0) is 20.8 Å². The van der Waals surface area contributed by atoms with Gasteiger partial charge in [0.05, 0.1) is 17.9 Å². The summed E-state index contributed by atoms with van der Waals surface area (Å²) in [6.45, 7) is 11.2. The summed E-state index contributed by atoms with van der Waals surface area (Å²) in [7, 11) is -1.36. The van der Waals surface area contributed by atoms with Crippen LogP contribution in [0.3, 0.4) is 0 Å². The molecule has 0 heterocycles. The Morgan fingerprint density at radius 2 is 1.65 bits per heavy atom. The lowest BCUT2D eigenvalue weighted by Crippen LogP contribution is -2.28. The van der Waals surface area contributed by atoms with Crippen molar-refractivity contribution in [2.24, 2.45) is 0 Å². The van der Waals surface area contributed by atoms with Crippen LogP contribution in [0.4, 0.5) is 28.0 Å². The van der Waals surface area contributed by atoms with Crippen molar-refractivity contribution < 1.29 is 46.5 Å². The summed E-state index contributed by atoms with van der Waals surface area (Å²) in [6.07, 6.45) is 0.141. The molecule has 218 valence electrons. The number of carbonyl (C=O) groups is 3. The van der Waals surface area contributed by atoms with Gasteiger partial charge in [-0.05, 0) is 50.6 Å². The molecule has 2 aromatic rings. The highest BCUT2D eigenvalue weighted by atomic mass is 28.3. The number of nitrogens with one attached hydrogen (secondary N) is 2. The number of alkyl carbamates (subject to hydrolysis) is 1. The van der Waals surface area contributed by atoms with Gasteiger partial charge in [0.15, 0.2) is 23.3 Å². The molecule has 3 N–H and O–H groups in total. The predicted molar refractivity (Wildman–Crippen MR) is 143 cm³/mol. The fourth-order valence-corrected chi connectivity index (χ4v) is 3.78. The third kappa shape index (κ3) is 9.40. The lowest BCUT2D eigenvalue weighted by Gasteiger charge is -2.20. The van der Waals surface area contributed by atoms with Gasteiger partial charge in [0.1, 0.15) is 16.9 Å². The van der Waals surface area contributed by atoms with Crippen molar-refractivity contribution in [1.29, 1.82) is 0 Å². The first-order valence-corrected chi connectivity index (χ1v) is 15.9. The minimum absolute atomic E-state index is 0.0211. The number of hydrogen-bond donors (Lipinski definition) is 3. The number of rotatable bonds is 10. The largest absolute Gasteiger partial charge is 0.506 e. The maximum atomic E-state index is 14.3. The van der Waals surface area contributed by atoms with Crippen LogP contribution < -0.4 is 10.6 Å². The molecule has 8 nitrogen and oxygen atoms in total. The Kier molecular flexibility index (Phi) is 10.5. The van der Waals surface area contributed by atoms with Crippen molar-refractivity contribution in [2.45, 2.75) is 58.6 Å². The van der Waals surface area contributed by atoms with Crippen LogP contribution in [0.1, 0.15) is 36.7 Å². The number of halogens is 4. The van der Waals surface area contributed by atoms with Gasteiger partial charge in [-0.1, -0.05) is 25.7 Å². The molecule has 0 aliphatic rings. The average Bonchev–Trinajstić information content (AvgIpc) is 2.82. The molecule has 0 radical (unpaired) electrons. The molecule has 1 amide bonds. The first-order valence-electron chi connectivity index (χ1n) is 12.2. The van der Waals surface area contributed by atoms with Gasteiger partial charge in [0, 0.05) is 20.8 Å². The molecule has 40 heavy (non-hydrogen) atoms. The van der Waals surface area contributed by atoms with E-state index in [4.69, 9.17) is 9.47 Å². The van der Waals surface area contributed by atoms with Gasteiger partial charge in [-0.15, -0.1) is 0 Å². The first kappa shape index (κ1) is 32.3. The SMILES string of the molecule is CC(C)(C)OC(=O)C(=CNc1ccc(CNC(=O)OCC[Si](C)(C)C)cc1O)C(=O)c1cc(F)c(F)c(F)c1F. The molecule has 13 heteroatoms. The third-order valence-corrected chi connectivity index (χ3v) is 6.87. The summed E-state index contributed by atoms with van der Waals surface area (Å²) in [5.74, 6) is -11.3. The number of esters is 1. The number of phenolic OH excluding ortho intramolecular Hbond substituents is 1. The predicted octanol–water partition coefficient (Wildman–Crippen LogP) is 6.03. The van der Waals surface area contributed by atoms with Gasteiger partial charge in [0.2, 0.25) is 5.78 Å². The van der Waals surface area contributed by atoms with E-state index in [2.05, 4.69) is 30.3 Å². The molecule has 0 atom stereocenters. The number of Topliss-reactive ketones (excluding diaryl/α,β-unsaturated/α-hetero) is 1. The van der Waals surface area contributed by atoms with Crippen LogP contribution >= 0.6 is 0 Å². The van der Waals surface area contributed by atoms with Gasteiger partial charge >= 0.3 is 12.1 Å². The molecule has 0 saturated carbocycles. The molecule has 0 unspecified atom stereocenters. The zero-order chi connectivity index (χ0) is 30.4. The van der Waals surface area contributed by atoms with E-state index in [0.29, 0.717) is 12.2 Å². The number of aromatic hydroxyl groups is 1. The smallest absolute Gasteiger partial charge is 0.407 e. The van der Waals surface area contributed by atoms with Crippen molar-refractivity contribution in [3.8, 4) is 5.75 Å². The van der Waals surface area contributed by atoms with E-state index < -0.39 is 65.9 Å². The Hall–Kier alpha value is -3.87. The standard InChI is InChI=1S/C27H32F4N2O6Si/c1-27(2,3)39-25(36)17(24(35)16-12-18(28)22(30)23(31)21(16)29)14-32-19-8-7-15(11-20(19)34)13-33-26(37)38-9-10-40(4,5)6/h7-8,11-12,14,32,34H,9-10,13H2,1-6H3,(H,33,37). The number of hydrogen-bond acceptors (Lipinski definition) is 7. The van der Waals surface area contributed by atoms with Gasteiger partial charge in [-0.2, -0.15) is 0 Å². The molecule has 2 aromatic carbocycles. The highest BCUT2D eigenvalue weighted by Crippen LogP contribution is 2.26. The molecule has 0 aliphatic heterocycles. The number of benzene rings is 2. The van der Waals surface area contributed by atoms with Crippen molar-refractivity contribution in [3.05, 3.63) is 70.4 Å². The maximum Gasteiger partial charge on any atom is 0.407 e. The molecule has 0 saturated heterocycles. The van der Waals surface area contributed by atoms with E-state index >= 15 is 0 Å². The number of amides is 1. The van der Waals surface area contributed by atoms with Crippen LogP contribution in [0, 0.1) is 23.3 Å². The second-order valence-corrected chi connectivity index (χ2v) is 16.7. The highest BCUT2D eigenvalue weighted by Gasteiger charge is 2.30. The number of carbonyl (C=O) groups excluding carboxylic acids is 3. The molecule has 0 fully saturated rings. The maximum absolute atomic E-state index is 14.3. The van der Waals surface area contributed by atoms with Crippen LogP contribution in [0.2, 0.25) is 25.7 Å². The van der Waals surface area contributed by atoms with Gasteiger partial charge in [-0.25, -0.2) is 27.2 Å². The number of ether oxygens (including phenoxy) is 2. The minimum atomic E-state index is -2.22. The van der Waals surface area contributed by atoms with Crippen molar-refractivity contribution in [2.75, 3.05) is 11.9 Å². The average molecular weight is 585 g/mol. The van der Waals surface area contributed by atoms with Crippen LogP contribution in [-0.4, -0.2) is 43.2 Å². The topological polar surface area (TPSA) is 114 Å². The lowest BCUT2D eigenvalue weighted by molar-refractivity contribution is -0.149. The summed E-state index contributed by atoms with van der Waals surface area (Å²) in [5, 5.41) is 15.4. The molecule has 0 aliphatic carbocycles. The molecule has 0 spiro atoms. The quantitative estimate of drug-likeness (QED) is 0.0298. The Bertz CT molecular complexity index is 1320. The summed E-state index contributed by atoms with van der Waals surface area (Å²) in [4.78, 5) is 37.5. The molecule has 0 aromatic heterocycles. The summed E-state index contributed by atoms with van der Waals surface area (Å²) in [6, 6.07) is 5.09. The molecular weight excluding hydrogens is 552 g/mol. The molecular formula is C27H32F4N2O6Si. The minimum Gasteiger partial charge on any atom is -0.506 e. The van der Waals surface area contributed by atoms with Gasteiger partial charge in [-0.3, -0.25) is 4.79 Å². The van der Waals surface area contributed by atoms with E-state index in [9.17, 15) is 37.1 Å². The normalized spacial score (nSPS) is 12.1. The number of phenols is 1. The lowest BCUT2D eigenvalue weighted by atomic mass is 10.0. The molecule has 0 bridgehead atoms. The van der Waals surface area contributed by atoms with Crippen LogP contribution in [0.25, 0.3) is 0 Å². The number of ketones is 1. The Morgan fingerprint density at radius 3 is 2.23 bits per heavy atom. The van der Waals surface area contributed by atoms with Crippen molar-refractivity contribution in [1.82, 2.24) is 5.32 Å². The van der Waals surface area contributed by atoms with E-state index in [1.807, 2.05) is 0 Å². The first-order chi connectivity index (χ1) is 18.4. The van der Waals surface area contributed by atoms with Gasteiger partial charge in [0.25, 0.3) is 0 Å². The van der Waals surface area contributed by atoms with E-state index in [0.717, 1.165) is 12.2 Å². The van der Waals surface area contributed by atoms with E-state index in [1.54, 1.807) is 0 Å². The fourth-order valence-electron chi connectivity index (χ4n) is 3.07. The zero-order valence-electron chi connectivity index (χ0n) is 23.0. The zero-order valence-corrected chi connectivity index (χ0v) is 24.0. The van der Waals surface area contributed by atoms with Crippen LogP contribution in [0.5, 0.6) is 5.75 Å². The summed E-state index contributed by atoms with van der Waals surface area (Å²) < 4.78 is 65.4. The second kappa shape index (κ2) is 13.0. The third-order valence-electron chi connectivity index (χ3n) is 5.17. The summed E-state index contributed by atoms with van der Waals surface area (Å²) in [5.41, 5.74) is -2.77. The molecule has 2 rings (SSSR count). The number of anilines is 1. The Labute approximate surface area is 230 Å². The van der Waals surface area contributed by atoms with Crippen LogP contribution in [0.15, 0.2) is 36.0 Å². The van der Waals surface area contributed by atoms with Crippen molar-refractivity contribution >= 4 is 31.6 Å². The Morgan fingerprint density at radius 1 is 1.00 bits per heavy atom. The van der Waals surface area contributed by atoms with E-state index in [1.165, 1.54) is 39.0 Å². The monoisotopic (exact) mass is 584 g/mol.